The number of nitrogens with zero attached hydrogens (tertiary/aromatic N) is 6. The Labute approximate surface area is 164 Å². The summed E-state index contributed by atoms with van der Waals surface area (Å²) in [6.07, 6.45) is 7.12. The van der Waals surface area contributed by atoms with Crippen LogP contribution in [-0.2, 0) is 4.79 Å². The van der Waals surface area contributed by atoms with Gasteiger partial charge in [0.05, 0.1) is 5.56 Å². The zero-order chi connectivity index (χ0) is 19.7. The van der Waals surface area contributed by atoms with Gasteiger partial charge in [0.1, 0.15) is 18.5 Å². The van der Waals surface area contributed by atoms with E-state index < -0.39 is 0 Å². The molecular formula is C20H26N6O2. The van der Waals surface area contributed by atoms with Gasteiger partial charge >= 0.3 is 0 Å². The average Bonchev–Trinajstić information content (AvgIpc) is 3.31. The largest absolute Gasteiger partial charge is 0.342 e. The van der Waals surface area contributed by atoms with Crippen LogP contribution in [0.25, 0.3) is 5.82 Å². The predicted octanol–water partition coefficient (Wildman–Crippen LogP) is 1.77. The molecule has 1 spiro atoms. The van der Waals surface area contributed by atoms with E-state index >= 15 is 0 Å². The molecule has 2 aliphatic rings. The minimum Gasteiger partial charge on any atom is -0.342 e. The number of amides is 2. The average molecular weight is 382 g/mol. The molecule has 2 aliphatic heterocycles. The van der Waals surface area contributed by atoms with Gasteiger partial charge in [-0.3, -0.25) is 14.2 Å². The smallest absolute Gasteiger partial charge is 0.255 e. The van der Waals surface area contributed by atoms with Crippen molar-refractivity contribution >= 4 is 11.8 Å². The van der Waals surface area contributed by atoms with Crippen LogP contribution in [0.15, 0.2) is 31.0 Å². The van der Waals surface area contributed by atoms with Crippen LogP contribution >= 0.6 is 0 Å². The molecule has 4 rings (SSSR count). The Morgan fingerprint density at radius 1 is 1.18 bits per heavy atom. The van der Waals surface area contributed by atoms with Crippen LogP contribution in [-0.4, -0.2) is 67.5 Å². The summed E-state index contributed by atoms with van der Waals surface area (Å²) in [6, 6.07) is 3.58. The number of hydrogen-bond acceptors (Lipinski definition) is 5. The number of piperidine rings is 1. The molecule has 4 heterocycles. The third kappa shape index (κ3) is 3.63. The zero-order valence-electron chi connectivity index (χ0n) is 16.4. The molecule has 0 radical (unpaired) electrons. The molecule has 0 aliphatic carbocycles. The van der Waals surface area contributed by atoms with Gasteiger partial charge in [0.25, 0.3) is 5.91 Å². The SMILES string of the molecule is CC(C)CN1CC2(CCN(C(=O)c3ccc(-n4cnnc4)nc3)CC2)CC1=O. The summed E-state index contributed by atoms with van der Waals surface area (Å²) in [5.74, 6) is 1.42. The third-order valence-corrected chi connectivity index (χ3v) is 5.78. The second kappa shape index (κ2) is 7.33. The Morgan fingerprint density at radius 3 is 2.50 bits per heavy atom. The highest BCUT2D eigenvalue weighted by Crippen LogP contribution is 2.41. The van der Waals surface area contributed by atoms with Crippen molar-refractivity contribution < 1.29 is 9.59 Å². The molecular weight excluding hydrogens is 356 g/mol. The summed E-state index contributed by atoms with van der Waals surface area (Å²) >= 11 is 0. The highest BCUT2D eigenvalue weighted by molar-refractivity contribution is 5.94. The van der Waals surface area contributed by atoms with Crippen molar-refractivity contribution in [2.45, 2.75) is 33.1 Å². The highest BCUT2D eigenvalue weighted by atomic mass is 16.2. The molecule has 2 aromatic rings. The molecule has 148 valence electrons. The van der Waals surface area contributed by atoms with Gasteiger partial charge in [0.2, 0.25) is 5.91 Å². The summed E-state index contributed by atoms with van der Waals surface area (Å²) in [7, 11) is 0. The molecule has 0 saturated carbocycles. The van der Waals surface area contributed by atoms with Crippen LogP contribution in [0.2, 0.25) is 0 Å². The number of rotatable bonds is 4. The summed E-state index contributed by atoms with van der Waals surface area (Å²) in [5.41, 5.74) is 0.621. The van der Waals surface area contributed by atoms with E-state index in [0.717, 1.165) is 25.9 Å². The Hall–Kier alpha value is -2.77. The van der Waals surface area contributed by atoms with E-state index in [9.17, 15) is 9.59 Å². The van der Waals surface area contributed by atoms with Crippen molar-refractivity contribution in [1.29, 1.82) is 0 Å². The van der Waals surface area contributed by atoms with Gasteiger partial charge in [0, 0.05) is 44.2 Å². The number of carbonyl (C=O) groups excluding carboxylic acids is 2. The van der Waals surface area contributed by atoms with E-state index in [2.05, 4.69) is 29.0 Å². The predicted molar refractivity (Wildman–Crippen MR) is 103 cm³/mol. The molecule has 0 bridgehead atoms. The van der Waals surface area contributed by atoms with Crippen molar-refractivity contribution in [3.05, 3.63) is 36.5 Å². The molecule has 2 saturated heterocycles. The van der Waals surface area contributed by atoms with Crippen molar-refractivity contribution in [3.63, 3.8) is 0 Å². The Balaban J connectivity index is 1.37. The summed E-state index contributed by atoms with van der Waals surface area (Å²) in [5, 5.41) is 7.52. The molecule has 0 N–H and O–H groups in total. The number of likely N-dealkylation sites (tertiary alicyclic amines) is 2. The fourth-order valence-corrected chi connectivity index (χ4v) is 4.27. The monoisotopic (exact) mass is 382 g/mol. The van der Waals surface area contributed by atoms with Crippen LogP contribution in [0.3, 0.4) is 0 Å². The van der Waals surface area contributed by atoms with Crippen molar-refractivity contribution in [2.75, 3.05) is 26.2 Å². The number of aromatic nitrogens is 4. The fourth-order valence-electron chi connectivity index (χ4n) is 4.27. The first kappa shape index (κ1) is 18.6. The first-order chi connectivity index (χ1) is 13.5. The zero-order valence-corrected chi connectivity index (χ0v) is 16.4. The lowest BCUT2D eigenvalue weighted by molar-refractivity contribution is -0.128. The molecule has 0 aromatic carbocycles. The first-order valence-electron chi connectivity index (χ1n) is 9.84. The maximum absolute atomic E-state index is 12.9. The minimum atomic E-state index is 0.000941. The van der Waals surface area contributed by atoms with Crippen molar-refractivity contribution in [3.8, 4) is 5.82 Å². The summed E-state index contributed by atoms with van der Waals surface area (Å²) in [4.78, 5) is 33.5. The topological polar surface area (TPSA) is 84.2 Å². The Bertz CT molecular complexity index is 838. The van der Waals surface area contributed by atoms with E-state index in [1.54, 1.807) is 35.6 Å². The van der Waals surface area contributed by atoms with Gasteiger partial charge in [-0.15, -0.1) is 10.2 Å². The lowest BCUT2D eigenvalue weighted by Gasteiger charge is -2.39. The van der Waals surface area contributed by atoms with Gasteiger partial charge in [-0.05, 0) is 30.9 Å². The third-order valence-electron chi connectivity index (χ3n) is 5.78. The number of hydrogen-bond donors (Lipinski definition) is 0. The molecule has 0 unspecified atom stereocenters. The van der Waals surface area contributed by atoms with Crippen molar-refractivity contribution in [2.24, 2.45) is 11.3 Å². The van der Waals surface area contributed by atoms with Crippen molar-refractivity contribution in [1.82, 2.24) is 29.5 Å². The van der Waals surface area contributed by atoms with E-state index in [4.69, 9.17) is 0 Å². The molecule has 2 amide bonds. The quantitative estimate of drug-likeness (QED) is 0.805. The van der Waals surface area contributed by atoms with E-state index in [0.29, 0.717) is 36.8 Å². The molecule has 0 atom stereocenters. The van der Waals surface area contributed by atoms with Gasteiger partial charge in [0.15, 0.2) is 0 Å². The molecule has 2 aromatic heterocycles. The molecule has 8 heteroatoms. The van der Waals surface area contributed by atoms with Crippen LogP contribution in [0.5, 0.6) is 0 Å². The van der Waals surface area contributed by atoms with Crippen LogP contribution in [0.1, 0.15) is 43.5 Å². The van der Waals surface area contributed by atoms with Gasteiger partial charge in [-0.25, -0.2) is 4.98 Å². The Kier molecular flexibility index (Phi) is 4.87. The van der Waals surface area contributed by atoms with Crippen LogP contribution < -0.4 is 0 Å². The van der Waals surface area contributed by atoms with E-state index in [1.165, 1.54) is 0 Å². The number of pyridine rings is 1. The molecule has 2 fully saturated rings. The summed E-state index contributed by atoms with van der Waals surface area (Å²) in [6.45, 7) is 7.32. The Morgan fingerprint density at radius 2 is 1.89 bits per heavy atom. The fraction of sp³-hybridized carbons (Fsp3) is 0.550. The maximum atomic E-state index is 12.9. The second-order valence-corrected chi connectivity index (χ2v) is 8.41. The minimum absolute atomic E-state index is 0.000941. The summed E-state index contributed by atoms with van der Waals surface area (Å²) < 4.78 is 1.69. The van der Waals surface area contributed by atoms with Gasteiger partial charge < -0.3 is 9.80 Å². The second-order valence-electron chi connectivity index (χ2n) is 8.41. The van der Waals surface area contributed by atoms with E-state index in [1.807, 2.05) is 9.80 Å². The van der Waals surface area contributed by atoms with Crippen LogP contribution in [0.4, 0.5) is 0 Å². The lowest BCUT2D eigenvalue weighted by Crippen LogP contribution is -2.44. The first-order valence-corrected chi connectivity index (χ1v) is 9.84. The lowest BCUT2D eigenvalue weighted by atomic mass is 9.77. The standard InChI is InChI=1S/C20H26N6O2/c1-15(2)11-25-12-20(9-18(25)27)5-7-24(8-6-20)19(28)16-3-4-17(21-10-16)26-13-22-23-14-26/h3-4,10,13-15H,5-9,11-12H2,1-2H3. The maximum Gasteiger partial charge on any atom is 0.255 e. The van der Waals surface area contributed by atoms with Gasteiger partial charge in [-0.1, -0.05) is 13.8 Å². The van der Waals surface area contributed by atoms with Crippen LogP contribution in [0, 0.1) is 11.3 Å². The van der Waals surface area contributed by atoms with E-state index in [-0.39, 0.29) is 17.2 Å². The van der Waals surface area contributed by atoms with Gasteiger partial charge in [-0.2, -0.15) is 0 Å². The normalized spacial score (nSPS) is 19.0. The highest BCUT2D eigenvalue weighted by Gasteiger charge is 2.45. The molecule has 28 heavy (non-hydrogen) atoms. The molecule has 8 nitrogen and oxygen atoms in total. The number of carbonyl (C=O) groups is 2.